The van der Waals surface area contributed by atoms with Crippen LogP contribution in [-0.4, -0.2) is 62.6 Å². The van der Waals surface area contributed by atoms with Gasteiger partial charge in [0.05, 0.1) is 12.2 Å². The minimum Gasteiger partial charge on any atom is -0.366 e. The molecule has 1 saturated carbocycles. The number of piperazine rings is 1. The van der Waals surface area contributed by atoms with Crippen LogP contribution >= 0.6 is 0 Å². The summed E-state index contributed by atoms with van der Waals surface area (Å²) in [5.41, 5.74) is 0.643. The fourth-order valence-corrected chi connectivity index (χ4v) is 2.87. The Kier molecular flexibility index (Phi) is 5.17. The highest BCUT2D eigenvalue weighted by molar-refractivity contribution is 5.86. The smallest absolute Gasteiger partial charge is 0.239 e. The molecule has 2 aliphatic rings. The van der Waals surface area contributed by atoms with Crippen LogP contribution in [0.1, 0.15) is 12.8 Å². The van der Waals surface area contributed by atoms with Crippen molar-refractivity contribution >= 4 is 17.6 Å². The van der Waals surface area contributed by atoms with Gasteiger partial charge in [-0.2, -0.15) is 0 Å². The van der Waals surface area contributed by atoms with Gasteiger partial charge in [0.2, 0.25) is 5.91 Å². The molecule has 24 heavy (non-hydrogen) atoms. The van der Waals surface area contributed by atoms with Gasteiger partial charge in [0, 0.05) is 39.3 Å². The van der Waals surface area contributed by atoms with Crippen molar-refractivity contribution in [3.05, 3.63) is 30.1 Å². The van der Waals surface area contributed by atoms with Crippen molar-refractivity contribution in [1.82, 2.24) is 15.5 Å². The van der Waals surface area contributed by atoms with E-state index in [4.69, 9.17) is 0 Å². The molecule has 1 aliphatic heterocycles. The van der Waals surface area contributed by atoms with Crippen molar-refractivity contribution in [2.45, 2.75) is 18.9 Å². The Morgan fingerprint density at radius 1 is 1.25 bits per heavy atom. The molecule has 3 rings (SSSR count). The molecule has 1 aromatic carbocycles. The van der Waals surface area contributed by atoms with Crippen LogP contribution in [0, 0.1) is 5.82 Å². The van der Waals surface area contributed by atoms with Crippen molar-refractivity contribution in [2.24, 2.45) is 4.99 Å². The number of hydrogen-bond donors (Lipinski definition) is 2. The summed E-state index contributed by atoms with van der Waals surface area (Å²) in [5.74, 6) is 0.531. The second kappa shape index (κ2) is 7.51. The topological polar surface area (TPSA) is 60.0 Å². The molecule has 7 heteroatoms. The number of hydrogen-bond acceptors (Lipinski definition) is 3. The molecular formula is C17H24FN5O. The second-order valence-corrected chi connectivity index (χ2v) is 6.17. The Balaban J connectivity index is 1.49. The van der Waals surface area contributed by atoms with Gasteiger partial charge in [0.25, 0.3) is 0 Å². The minimum atomic E-state index is -0.190. The van der Waals surface area contributed by atoms with Crippen LogP contribution < -0.4 is 15.5 Å². The van der Waals surface area contributed by atoms with Crippen LogP contribution in [-0.2, 0) is 4.79 Å². The van der Waals surface area contributed by atoms with Gasteiger partial charge in [-0.3, -0.25) is 9.79 Å². The summed E-state index contributed by atoms with van der Waals surface area (Å²) in [6, 6.07) is 7.21. The van der Waals surface area contributed by atoms with E-state index in [0.717, 1.165) is 39.0 Å². The molecule has 6 nitrogen and oxygen atoms in total. The van der Waals surface area contributed by atoms with Crippen molar-refractivity contribution in [1.29, 1.82) is 0 Å². The molecule has 0 bridgehead atoms. The Morgan fingerprint density at radius 2 is 1.96 bits per heavy atom. The number of amides is 1. The normalized spacial score (nSPS) is 18.5. The average Bonchev–Trinajstić information content (AvgIpc) is 3.40. The molecule has 2 N–H and O–H groups in total. The third-order valence-corrected chi connectivity index (χ3v) is 4.33. The number of aliphatic imine (C=N–C) groups is 1. The molecule has 1 amide bonds. The average molecular weight is 333 g/mol. The summed E-state index contributed by atoms with van der Waals surface area (Å²) in [5, 5.41) is 6.06. The van der Waals surface area contributed by atoms with Crippen LogP contribution in [0.2, 0.25) is 0 Å². The van der Waals surface area contributed by atoms with Gasteiger partial charge in [0.1, 0.15) is 5.82 Å². The summed E-state index contributed by atoms with van der Waals surface area (Å²) in [4.78, 5) is 20.2. The Bertz CT molecular complexity index is 609. The van der Waals surface area contributed by atoms with E-state index in [9.17, 15) is 9.18 Å². The van der Waals surface area contributed by atoms with Gasteiger partial charge >= 0.3 is 0 Å². The quantitative estimate of drug-likeness (QED) is 0.632. The van der Waals surface area contributed by atoms with E-state index >= 15 is 0 Å². The maximum Gasteiger partial charge on any atom is 0.239 e. The number of rotatable bonds is 4. The first-order valence-electron chi connectivity index (χ1n) is 8.42. The lowest BCUT2D eigenvalue weighted by Crippen LogP contribution is -2.54. The summed E-state index contributed by atoms with van der Waals surface area (Å²) in [7, 11) is 1.71. The molecule has 130 valence electrons. The van der Waals surface area contributed by atoms with Gasteiger partial charge in [-0.15, -0.1) is 0 Å². The molecule has 1 aliphatic carbocycles. The number of halogens is 1. The molecule has 1 aromatic rings. The predicted molar refractivity (Wildman–Crippen MR) is 92.7 cm³/mol. The van der Waals surface area contributed by atoms with Gasteiger partial charge in [-0.25, -0.2) is 4.39 Å². The number of nitrogens with zero attached hydrogens (tertiary/aromatic N) is 3. The van der Waals surface area contributed by atoms with E-state index in [1.807, 2.05) is 11.0 Å². The monoisotopic (exact) mass is 333 g/mol. The van der Waals surface area contributed by atoms with Gasteiger partial charge in [0.15, 0.2) is 5.96 Å². The first kappa shape index (κ1) is 16.5. The molecule has 0 spiro atoms. The van der Waals surface area contributed by atoms with Gasteiger partial charge in [-0.05, 0) is 25.0 Å². The summed E-state index contributed by atoms with van der Waals surface area (Å²) in [6.45, 7) is 3.14. The third-order valence-electron chi connectivity index (χ3n) is 4.33. The number of benzene rings is 1. The first-order valence-corrected chi connectivity index (χ1v) is 8.42. The van der Waals surface area contributed by atoms with E-state index < -0.39 is 0 Å². The molecule has 0 radical (unpaired) electrons. The number of nitrogens with one attached hydrogen (secondary N) is 2. The van der Waals surface area contributed by atoms with Crippen molar-refractivity contribution in [3.63, 3.8) is 0 Å². The highest BCUT2D eigenvalue weighted by atomic mass is 19.1. The van der Waals surface area contributed by atoms with E-state index in [0.29, 0.717) is 17.7 Å². The zero-order valence-corrected chi connectivity index (χ0v) is 14.0. The zero-order valence-electron chi connectivity index (χ0n) is 14.0. The van der Waals surface area contributed by atoms with Gasteiger partial charge < -0.3 is 20.4 Å². The SMILES string of the molecule is CN=C(NCC(=O)NC1CC1)N1CCN(c2ccccc2F)CC1. The number of para-hydroxylation sites is 1. The van der Waals surface area contributed by atoms with Crippen molar-refractivity contribution in [2.75, 3.05) is 44.7 Å². The standard InChI is InChI=1S/C17H24FN5O/c1-19-17(20-12-16(24)21-13-6-7-13)23-10-8-22(9-11-23)15-5-3-2-4-14(15)18/h2-5,13H,6-12H2,1H3,(H,19,20)(H,21,24). The Morgan fingerprint density at radius 3 is 2.58 bits per heavy atom. The fourth-order valence-electron chi connectivity index (χ4n) is 2.87. The van der Waals surface area contributed by atoms with Crippen LogP contribution in [0.4, 0.5) is 10.1 Å². The zero-order chi connectivity index (χ0) is 16.9. The number of anilines is 1. The van der Waals surface area contributed by atoms with E-state index in [1.54, 1.807) is 19.2 Å². The van der Waals surface area contributed by atoms with Crippen molar-refractivity contribution < 1.29 is 9.18 Å². The van der Waals surface area contributed by atoms with E-state index in [2.05, 4.69) is 20.5 Å². The molecular weight excluding hydrogens is 309 g/mol. The van der Waals surface area contributed by atoms with Crippen molar-refractivity contribution in [3.8, 4) is 0 Å². The predicted octanol–water partition coefficient (Wildman–Crippen LogP) is 0.802. The molecule has 1 heterocycles. The number of carbonyl (C=O) groups is 1. The van der Waals surface area contributed by atoms with E-state index in [-0.39, 0.29) is 18.3 Å². The second-order valence-electron chi connectivity index (χ2n) is 6.17. The highest BCUT2D eigenvalue weighted by Crippen LogP contribution is 2.20. The fraction of sp³-hybridized carbons (Fsp3) is 0.529. The van der Waals surface area contributed by atoms with Crippen LogP contribution in [0.15, 0.2) is 29.3 Å². The molecule has 0 aromatic heterocycles. The third kappa shape index (κ3) is 4.15. The van der Waals surface area contributed by atoms with Crippen LogP contribution in [0.5, 0.6) is 0 Å². The largest absolute Gasteiger partial charge is 0.366 e. The maximum absolute atomic E-state index is 13.9. The molecule has 1 saturated heterocycles. The lowest BCUT2D eigenvalue weighted by molar-refractivity contribution is -0.120. The summed E-state index contributed by atoms with van der Waals surface area (Å²) >= 11 is 0. The molecule has 2 fully saturated rings. The Hall–Kier alpha value is -2.31. The Labute approximate surface area is 141 Å². The number of carbonyl (C=O) groups excluding carboxylic acids is 1. The maximum atomic E-state index is 13.9. The minimum absolute atomic E-state index is 0.00337. The lowest BCUT2D eigenvalue weighted by atomic mass is 10.2. The summed E-state index contributed by atoms with van der Waals surface area (Å²) in [6.07, 6.45) is 2.16. The van der Waals surface area contributed by atoms with E-state index in [1.165, 1.54) is 6.07 Å². The molecule has 0 atom stereocenters. The number of guanidine groups is 1. The van der Waals surface area contributed by atoms with Crippen LogP contribution in [0.3, 0.4) is 0 Å². The van der Waals surface area contributed by atoms with Crippen LogP contribution in [0.25, 0.3) is 0 Å². The first-order chi connectivity index (χ1) is 11.7. The highest BCUT2D eigenvalue weighted by Gasteiger charge is 2.24. The molecule has 0 unspecified atom stereocenters. The lowest BCUT2D eigenvalue weighted by Gasteiger charge is -2.37. The van der Waals surface area contributed by atoms with Gasteiger partial charge in [-0.1, -0.05) is 12.1 Å². The summed E-state index contributed by atoms with van der Waals surface area (Å²) < 4.78 is 13.9.